The van der Waals surface area contributed by atoms with Crippen LogP contribution in [-0.4, -0.2) is 17.9 Å². The first-order valence-electron chi connectivity index (χ1n) is 8.41. The number of hydrogen-bond donors (Lipinski definition) is 1. The summed E-state index contributed by atoms with van der Waals surface area (Å²) in [5, 5.41) is 2.48. The molecule has 4 heteroatoms. The van der Waals surface area contributed by atoms with Crippen molar-refractivity contribution in [2.45, 2.75) is 56.9 Å². The lowest BCUT2D eigenvalue weighted by molar-refractivity contribution is -0.134. The smallest absolute Gasteiger partial charge is 0.249 e. The molecular formula is C19H22N2O2. The van der Waals surface area contributed by atoms with Crippen molar-refractivity contribution in [2.24, 2.45) is 0 Å². The Kier molecular flexibility index (Phi) is 2.96. The lowest BCUT2D eigenvalue weighted by Gasteiger charge is -2.33. The predicted molar refractivity (Wildman–Crippen MR) is 89.2 cm³/mol. The normalized spacial score (nSPS) is 25.1. The van der Waals surface area contributed by atoms with Gasteiger partial charge in [0.15, 0.2) is 0 Å². The number of nitrogens with one attached hydrogen (secondary N) is 1. The Bertz CT molecular complexity index is 731. The van der Waals surface area contributed by atoms with E-state index in [2.05, 4.69) is 48.8 Å². The quantitative estimate of drug-likeness (QED) is 0.854. The molecule has 4 nitrogen and oxygen atoms in total. The minimum absolute atomic E-state index is 0.0257. The van der Waals surface area contributed by atoms with Crippen LogP contribution >= 0.6 is 0 Å². The molecule has 1 saturated heterocycles. The van der Waals surface area contributed by atoms with Gasteiger partial charge in [-0.3, -0.25) is 14.9 Å². The van der Waals surface area contributed by atoms with E-state index in [1.807, 2.05) is 0 Å². The molecule has 1 spiro atoms. The fraction of sp³-hybridized carbons (Fsp3) is 0.474. The van der Waals surface area contributed by atoms with Crippen LogP contribution in [0, 0.1) is 0 Å². The summed E-state index contributed by atoms with van der Waals surface area (Å²) in [4.78, 5) is 26.0. The van der Waals surface area contributed by atoms with Crippen LogP contribution < -0.4 is 10.2 Å². The number of carbonyl (C=O) groups is 2. The van der Waals surface area contributed by atoms with Crippen molar-refractivity contribution >= 4 is 17.5 Å². The zero-order chi connectivity index (χ0) is 16.4. The maximum absolute atomic E-state index is 12.4. The molecule has 2 aliphatic heterocycles. The summed E-state index contributed by atoms with van der Waals surface area (Å²) in [6, 6.07) is 6.05. The number of allylic oxidation sites excluding steroid dienone is 1. The molecule has 1 aromatic carbocycles. The Labute approximate surface area is 136 Å². The van der Waals surface area contributed by atoms with Crippen LogP contribution in [0.5, 0.6) is 0 Å². The number of hydrogen-bond acceptors (Lipinski definition) is 3. The van der Waals surface area contributed by atoms with Gasteiger partial charge in [-0.25, -0.2) is 0 Å². The van der Waals surface area contributed by atoms with Crippen molar-refractivity contribution in [3.63, 3.8) is 0 Å². The standard InChI is InChI=1S/C19H22N2O2/c1-11(2)13-5-4-6-14-17(13)19(9-10-19)12(3)21(14)15-7-8-16(22)20-18(15)23/h4-6,11,15H,3,7-10H2,1-2H3,(H,20,22,23). The van der Waals surface area contributed by atoms with E-state index in [0.717, 1.165) is 24.2 Å². The Morgan fingerprint density at radius 1 is 1.30 bits per heavy atom. The highest BCUT2D eigenvalue weighted by Gasteiger charge is 2.57. The largest absolute Gasteiger partial charge is 0.332 e. The number of rotatable bonds is 2. The van der Waals surface area contributed by atoms with Crippen molar-refractivity contribution in [1.82, 2.24) is 5.32 Å². The van der Waals surface area contributed by atoms with E-state index in [-0.39, 0.29) is 23.3 Å². The van der Waals surface area contributed by atoms with E-state index in [1.165, 1.54) is 11.1 Å². The number of fused-ring (bicyclic) bond motifs is 2. The van der Waals surface area contributed by atoms with Crippen LogP contribution in [0.1, 0.15) is 56.6 Å². The van der Waals surface area contributed by atoms with Crippen LogP contribution in [0.2, 0.25) is 0 Å². The number of benzene rings is 1. The van der Waals surface area contributed by atoms with E-state index in [0.29, 0.717) is 18.8 Å². The van der Waals surface area contributed by atoms with Crippen LogP contribution in [0.4, 0.5) is 5.69 Å². The van der Waals surface area contributed by atoms with Crippen molar-refractivity contribution in [2.75, 3.05) is 4.90 Å². The van der Waals surface area contributed by atoms with E-state index in [1.54, 1.807) is 0 Å². The fourth-order valence-electron chi connectivity index (χ4n) is 4.23. The number of piperidine rings is 1. The predicted octanol–water partition coefficient (Wildman–Crippen LogP) is 2.98. The molecule has 1 N–H and O–H groups in total. The van der Waals surface area contributed by atoms with Crippen LogP contribution in [0.3, 0.4) is 0 Å². The van der Waals surface area contributed by atoms with Crippen LogP contribution in [0.25, 0.3) is 0 Å². The fourth-order valence-corrected chi connectivity index (χ4v) is 4.23. The molecule has 1 atom stereocenters. The van der Waals surface area contributed by atoms with Gasteiger partial charge in [-0.05, 0) is 42.4 Å². The van der Waals surface area contributed by atoms with Crippen LogP contribution in [0.15, 0.2) is 30.5 Å². The molecule has 1 saturated carbocycles. The van der Waals surface area contributed by atoms with Crippen LogP contribution in [-0.2, 0) is 15.0 Å². The molecule has 23 heavy (non-hydrogen) atoms. The van der Waals surface area contributed by atoms with E-state index >= 15 is 0 Å². The highest BCUT2D eigenvalue weighted by molar-refractivity contribution is 6.02. The third-order valence-electron chi connectivity index (χ3n) is 5.55. The molecule has 120 valence electrons. The molecule has 2 amide bonds. The summed E-state index contributed by atoms with van der Waals surface area (Å²) < 4.78 is 0. The Morgan fingerprint density at radius 2 is 2.04 bits per heavy atom. The maximum atomic E-state index is 12.4. The van der Waals surface area contributed by atoms with Gasteiger partial charge < -0.3 is 4.90 Å². The number of carbonyl (C=O) groups excluding carboxylic acids is 2. The van der Waals surface area contributed by atoms with E-state index < -0.39 is 0 Å². The molecule has 0 radical (unpaired) electrons. The summed E-state index contributed by atoms with van der Waals surface area (Å²) in [5.74, 6) is 0.0753. The van der Waals surface area contributed by atoms with Crippen molar-refractivity contribution in [1.29, 1.82) is 0 Å². The Morgan fingerprint density at radius 3 is 2.65 bits per heavy atom. The zero-order valence-corrected chi connectivity index (χ0v) is 13.7. The highest BCUT2D eigenvalue weighted by atomic mass is 16.2. The minimum atomic E-state index is -0.318. The summed E-state index contributed by atoms with van der Waals surface area (Å²) in [7, 11) is 0. The molecule has 2 heterocycles. The lowest BCUT2D eigenvalue weighted by Crippen LogP contribution is -2.52. The molecule has 2 fully saturated rings. The zero-order valence-electron chi connectivity index (χ0n) is 13.7. The molecule has 1 unspecified atom stereocenters. The third-order valence-corrected chi connectivity index (χ3v) is 5.55. The minimum Gasteiger partial charge on any atom is -0.332 e. The van der Waals surface area contributed by atoms with Gasteiger partial charge >= 0.3 is 0 Å². The second kappa shape index (κ2) is 4.70. The summed E-state index contributed by atoms with van der Waals surface area (Å²) >= 11 is 0. The Balaban J connectivity index is 1.83. The molecule has 1 aromatic rings. The summed E-state index contributed by atoms with van der Waals surface area (Å²) in [6.07, 6.45) is 3.16. The van der Waals surface area contributed by atoms with Gasteiger partial charge in [0.1, 0.15) is 6.04 Å². The van der Waals surface area contributed by atoms with Gasteiger partial charge in [0.2, 0.25) is 11.8 Å². The number of anilines is 1. The number of nitrogens with zero attached hydrogens (tertiary/aromatic N) is 1. The second-order valence-electron chi connectivity index (χ2n) is 7.26. The van der Waals surface area contributed by atoms with Gasteiger partial charge in [0, 0.05) is 23.2 Å². The number of imide groups is 1. The highest BCUT2D eigenvalue weighted by Crippen LogP contribution is 2.64. The summed E-state index contributed by atoms with van der Waals surface area (Å²) in [5.41, 5.74) is 4.90. The van der Waals surface area contributed by atoms with Gasteiger partial charge in [-0.2, -0.15) is 0 Å². The SMILES string of the molecule is C=C1N(C2CCC(=O)NC2=O)c2cccc(C(C)C)c2C12CC2. The van der Waals surface area contributed by atoms with Crippen molar-refractivity contribution < 1.29 is 9.59 Å². The Hall–Kier alpha value is -2.10. The molecular weight excluding hydrogens is 288 g/mol. The number of amides is 2. The third kappa shape index (κ3) is 1.90. The average Bonchev–Trinajstić information content (AvgIpc) is 3.26. The maximum Gasteiger partial charge on any atom is 0.249 e. The van der Waals surface area contributed by atoms with Gasteiger partial charge in [0.25, 0.3) is 0 Å². The van der Waals surface area contributed by atoms with Crippen molar-refractivity contribution in [3.05, 3.63) is 41.6 Å². The first-order valence-corrected chi connectivity index (χ1v) is 8.41. The van der Waals surface area contributed by atoms with Gasteiger partial charge in [-0.15, -0.1) is 0 Å². The van der Waals surface area contributed by atoms with E-state index in [9.17, 15) is 9.59 Å². The topological polar surface area (TPSA) is 49.4 Å². The molecule has 1 aliphatic carbocycles. The summed E-state index contributed by atoms with van der Waals surface area (Å²) in [6.45, 7) is 8.78. The second-order valence-corrected chi connectivity index (χ2v) is 7.26. The average molecular weight is 310 g/mol. The monoisotopic (exact) mass is 310 g/mol. The van der Waals surface area contributed by atoms with Gasteiger partial charge in [-0.1, -0.05) is 32.6 Å². The van der Waals surface area contributed by atoms with Crippen molar-refractivity contribution in [3.8, 4) is 0 Å². The van der Waals surface area contributed by atoms with Gasteiger partial charge in [0.05, 0.1) is 0 Å². The molecule has 4 rings (SSSR count). The molecule has 3 aliphatic rings. The molecule has 0 bridgehead atoms. The first kappa shape index (κ1) is 14.5. The molecule has 0 aromatic heterocycles. The lowest BCUT2D eigenvalue weighted by atomic mass is 9.87. The van der Waals surface area contributed by atoms with E-state index in [4.69, 9.17) is 0 Å². The first-order chi connectivity index (χ1) is 11.0.